The van der Waals surface area contributed by atoms with Crippen LogP contribution in [-0.4, -0.2) is 0 Å². The molecule has 0 heterocycles. The van der Waals surface area contributed by atoms with Crippen molar-refractivity contribution >= 4 is 0 Å². The first kappa shape index (κ1) is 18.3. The first-order valence-corrected chi connectivity index (χ1v) is 2.00. The number of hydrogen-bond donors (Lipinski definition) is 0. The molecule has 1 aromatic rings. The van der Waals surface area contributed by atoms with Crippen molar-refractivity contribution in [2.75, 3.05) is 0 Å². The van der Waals surface area contributed by atoms with Gasteiger partial charge in [-0.25, -0.2) is 0 Å². The van der Waals surface area contributed by atoms with Gasteiger partial charge in [-0.2, -0.15) is 0 Å². The third-order valence-corrected chi connectivity index (χ3v) is 0.667. The average molecular weight is 182 g/mol. The molecule has 9 heavy (non-hydrogen) atoms. The maximum absolute atomic E-state index is 2.00. The molecule has 0 atom stereocenters. The van der Waals surface area contributed by atoms with Crippen molar-refractivity contribution in [3.63, 3.8) is 0 Å². The van der Waals surface area contributed by atoms with Crippen molar-refractivity contribution in [3.05, 3.63) is 36.4 Å². The summed E-state index contributed by atoms with van der Waals surface area (Å²) in [5.41, 5.74) is 0. The molecule has 0 aliphatic rings. The van der Waals surface area contributed by atoms with E-state index in [-0.39, 0.29) is 137 Å². The normalized spacial score (nSPS) is 5.33. The zero-order valence-corrected chi connectivity index (χ0v) is 14.7. The summed E-state index contributed by atoms with van der Waals surface area (Å²) >= 11 is 0. The van der Waals surface area contributed by atoms with Crippen LogP contribution in [0.5, 0.6) is 0 Å². The Balaban J connectivity index is -0.0000000150. The molecule has 0 aliphatic carbocycles. The first-order valence-electron chi connectivity index (χ1n) is 2.00. The van der Waals surface area contributed by atoms with E-state index in [1.54, 1.807) is 0 Å². The minimum Gasteiger partial charge on any atom is -1.00 e. The van der Waals surface area contributed by atoms with Crippen LogP contribution in [-0.2, 0) is 0 Å². The maximum Gasteiger partial charge on any atom is 1.00 e. The van der Waals surface area contributed by atoms with E-state index in [1.165, 1.54) is 0 Å². The monoisotopic (exact) mass is 182 g/mol. The van der Waals surface area contributed by atoms with Crippen molar-refractivity contribution in [1.29, 1.82) is 0 Å². The first-order chi connectivity index (χ1) is 3.00. The quantitative estimate of drug-likeness (QED) is 0.350. The van der Waals surface area contributed by atoms with E-state index in [1.807, 2.05) is 36.4 Å². The van der Waals surface area contributed by atoms with Gasteiger partial charge in [0.2, 0.25) is 0 Å². The third-order valence-electron chi connectivity index (χ3n) is 0.667. The van der Waals surface area contributed by atoms with Crippen molar-refractivity contribution < 1.29 is 137 Å². The van der Waals surface area contributed by atoms with E-state index in [0.717, 1.165) is 0 Å². The second-order valence-corrected chi connectivity index (χ2v) is 1.15. The molecular formula is C6H9K2Na. The Morgan fingerprint density at radius 3 is 0.778 bits per heavy atom. The molecule has 0 N–H and O–H groups in total. The second-order valence-electron chi connectivity index (χ2n) is 1.15. The molecule has 0 unspecified atom stereocenters. The Morgan fingerprint density at radius 1 is 0.556 bits per heavy atom. The van der Waals surface area contributed by atoms with E-state index in [0.29, 0.717) is 0 Å². The molecule has 0 saturated carbocycles. The predicted octanol–water partition coefficient (Wildman–Crippen LogP) is -6.96. The van der Waals surface area contributed by atoms with Crippen LogP contribution in [0.3, 0.4) is 0 Å². The smallest absolute Gasteiger partial charge is 1.00 e. The van der Waals surface area contributed by atoms with E-state index in [4.69, 9.17) is 0 Å². The Morgan fingerprint density at radius 2 is 0.667 bits per heavy atom. The third kappa shape index (κ3) is 11.5. The van der Waals surface area contributed by atoms with Crippen molar-refractivity contribution in [3.8, 4) is 0 Å². The average Bonchev–Trinajstić information content (AvgIpc) is 1.72. The fraction of sp³-hybridized carbons (Fsp3) is 0. The molecule has 0 nitrogen and oxygen atoms in total. The van der Waals surface area contributed by atoms with Gasteiger partial charge in [-0.15, -0.1) is 0 Å². The van der Waals surface area contributed by atoms with Gasteiger partial charge < -0.3 is 4.28 Å². The molecule has 0 bridgehead atoms. The van der Waals surface area contributed by atoms with Crippen molar-refractivity contribution in [2.45, 2.75) is 0 Å². The summed E-state index contributed by atoms with van der Waals surface area (Å²) in [6.45, 7) is 0. The van der Waals surface area contributed by atoms with Crippen LogP contribution in [0.25, 0.3) is 0 Å². The summed E-state index contributed by atoms with van der Waals surface area (Å²) in [6, 6.07) is 12.0. The number of rotatable bonds is 0. The minimum atomic E-state index is 0. The summed E-state index contributed by atoms with van der Waals surface area (Å²) in [4.78, 5) is 0. The number of benzene rings is 1. The van der Waals surface area contributed by atoms with Gasteiger partial charge in [0.1, 0.15) is 0 Å². The van der Waals surface area contributed by atoms with Gasteiger partial charge in [0.15, 0.2) is 0 Å². The molecule has 0 aromatic heterocycles. The van der Waals surface area contributed by atoms with Gasteiger partial charge in [-0.1, -0.05) is 36.4 Å². The minimum absolute atomic E-state index is 0. The van der Waals surface area contributed by atoms with Crippen molar-refractivity contribution in [2.24, 2.45) is 0 Å². The van der Waals surface area contributed by atoms with Gasteiger partial charge in [-0.05, 0) is 0 Å². The topological polar surface area (TPSA) is 0 Å². The molecule has 0 fully saturated rings. The van der Waals surface area contributed by atoms with E-state index in [9.17, 15) is 0 Å². The van der Waals surface area contributed by atoms with E-state index < -0.39 is 0 Å². The molecule has 0 radical (unpaired) electrons. The number of hydrogen-bond acceptors (Lipinski definition) is 0. The zero-order valence-electron chi connectivity index (χ0n) is 9.46. The zero-order chi connectivity index (χ0) is 4.24. The Bertz CT molecular complexity index is 92.7. The van der Waals surface area contributed by atoms with E-state index >= 15 is 0 Å². The van der Waals surface area contributed by atoms with Gasteiger partial charge in [-0.3, -0.25) is 0 Å². The van der Waals surface area contributed by atoms with Crippen LogP contribution in [0, 0.1) is 0 Å². The van der Waals surface area contributed by atoms with Crippen LogP contribution >= 0.6 is 0 Å². The van der Waals surface area contributed by atoms with Gasteiger partial charge in [0.25, 0.3) is 0 Å². The summed E-state index contributed by atoms with van der Waals surface area (Å²) in [5.74, 6) is 0. The Hall–Kier alpha value is 3.49. The SMILES string of the molecule is [H-].[H-].[H-].[K+].[K+].[Na+].c1ccccc1. The Kier molecular flexibility index (Phi) is 28.6. The largest absolute Gasteiger partial charge is 1.00 e. The van der Waals surface area contributed by atoms with Crippen LogP contribution in [0.4, 0.5) is 0 Å². The molecular weight excluding hydrogens is 173 g/mol. The molecule has 3 heteroatoms. The fourth-order valence-corrected chi connectivity index (χ4v) is 0.385. The predicted molar refractivity (Wildman–Crippen MR) is 29.8 cm³/mol. The Labute approximate surface area is 168 Å². The van der Waals surface area contributed by atoms with Crippen LogP contribution in [0.15, 0.2) is 36.4 Å². The van der Waals surface area contributed by atoms with Crippen LogP contribution in [0.1, 0.15) is 4.28 Å². The van der Waals surface area contributed by atoms with E-state index in [2.05, 4.69) is 0 Å². The molecule has 1 aromatic carbocycles. The summed E-state index contributed by atoms with van der Waals surface area (Å²) in [7, 11) is 0. The second kappa shape index (κ2) is 14.0. The molecule has 0 spiro atoms. The molecule has 36 valence electrons. The molecule has 0 saturated heterocycles. The summed E-state index contributed by atoms with van der Waals surface area (Å²) in [5, 5.41) is 0. The standard InChI is InChI=1S/C6H6.2K.Na.3H/c1-2-4-6-5-3-1;;;;;;/h1-6H;;;;;;/q;3*+1;3*-1. The van der Waals surface area contributed by atoms with Gasteiger partial charge in [0, 0.05) is 0 Å². The molecule has 0 amide bonds. The molecule has 1 rings (SSSR count). The summed E-state index contributed by atoms with van der Waals surface area (Å²) in [6.07, 6.45) is 0. The fourth-order valence-electron chi connectivity index (χ4n) is 0.385. The molecule has 0 aliphatic heterocycles. The van der Waals surface area contributed by atoms with Gasteiger partial charge >= 0.3 is 132 Å². The van der Waals surface area contributed by atoms with Crippen molar-refractivity contribution in [1.82, 2.24) is 0 Å². The van der Waals surface area contributed by atoms with Crippen LogP contribution < -0.4 is 132 Å². The summed E-state index contributed by atoms with van der Waals surface area (Å²) < 4.78 is 0. The van der Waals surface area contributed by atoms with Gasteiger partial charge in [0.05, 0.1) is 0 Å². The maximum atomic E-state index is 2.00. The van der Waals surface area contributed by atoms with Crippen LogP contribution in [0.2, 0.25) is 0 Å².